The molecule has 0 bridgehead atoms. The highest BCUT2D eigenvalue weighted by atomic mass is 16.5. The fraction of sp³-hybridized carbons (Fsp3) is 0.600. The smallest absolute Gasteiger partial charge is 0.306 e. The van der Waals surface area contributed by atoms with Gasteiger partial charge in [-0.1, -0.05) is 6.07 Å². The van der Waals surface area contributed by atoms with E-state index in [0.29, 0.717) is 11.8 Å². The number of ether oxygens (including phenoxy) is 1. The second-order valence-corrected chi connectivity index (χ2v) is 5.36. The van der Waals surface area contributed by atoms with E-state index in [2.05, 4.69) is 10.3 Å². The largest absolute Gasteiger partial charge is 0.481 e. The Kier molecular flexibility index (Phi) is 5.35. The molecule has 0 atom stereocenters. The monoisotopic (exact) mass is 278 g/mol. The van der Waals surface area contributed by atoms with Crippen molar-refractivity contribution in [3.05, 3.63) is 23.9 Å². The van der Waals surface area contributed by atoms with Gasteiger partial charge in [-0.2, -0.15) is 0 Å². The summed E-state index contributed by atoms with van der Waals surface area (Å²) in [4.78, 5) is 15.2. The molecule has 0 saturated heterocycles. The third-order valence-corrected chi connectivity index (χ3v) is 3.93. The maximum absolute atomic E-state index is 10.9. The molecule has 0 spiro atoms. The van der Waals surface area contributed by atoms with Crippen molar-refractivity contribution < 1.29 is 14.6 Å². The molecule has 0 aliphatic heterocycles. The average molecular weight is 278 g/mol. The fourth-order valence-electron chi connectivity index (χ4n) is 2.69. The first-order valence-corrected chi connectivity index (χ1v) is 7.12. The third kappa shape index (κ3) is 4.20. The number of aliphatic carboxylic acids is 1. The van der Waals surface area contributed by atoms with Gasteiger partial charge in [0.05, 0.1) is 18.7 Å². The predicted octanol–water partition coefficient (Wildman–Crippen LogP) is 2.07. The van der Waals surface area contributed by atoms with Crippen molar-refractivity contribution in [2.75, 3.05) is 13.7 Å². The average Bonchev–Trinajstić information content (AvgIpc) is 2.48. The highest BCUT2D eigenvalue weighted by molar-refractivity contribution is 5.69. The minimum atomic E-state index is -0.642. The predicted molar refractivity (Wildman–Crippen MR) is 75.6 cm³/mol. The van der Waals surface area contributed by atoms with Gasteiger partial charge >= 0.3 is 5.97 Å². The van der Waals surface area contributed by atoms with Crippen LogP contribution in [0.25, 0.3) is 0 Å². The lowest BCUT2D eigenvalue weighted by atomic mass is 9.82. The molecule has 5 heteroatoms. The van der Waals surface area contributed by atoms with Crippen LogP contribution in [0, 0.1) is 11.8 Å². The Morgan fingerprint density at radius 3 is 2.80 bits per heavy atom. The van der Waals surface area contributed by atoms with Gasteiger partial charge in [0.1, 0.15) is 0 Å². The van der Waals surface area contributed by atoms with E-state index in [0.717, 1.165) is 44.5 Å². The highest BCUT2D eigenvalue weighted by Gasteiger charge is 2.25. The van der Waals surface area contributed by atoms with E-state index in [1.807, 2.05) is 18.2 Å². The van der Waals surface area contributed by atoms with E-state index in [1.54, 1.807) is 7.11 Å². The normalized spacial score (nSPS) is 22.4. The van der Waals surface area contributed by atoms with Crippen LogP contribution in [0.5, 0.6) is 5.88 Å². The number of pyridine rings is 1. The summed E-state index contributed by atoms with van der Waals surface area (Å²) in [5, 5.41) is 12.4. The molecule has 1 fully saturated rings. The number of hydrogen-bond acceptors (Lipinski definition) is 4. The topological polar surface area (TPSA) is 71.5 Å². The first kappa shape index (κ1) is 14.8. The molecule has 110 valence electrons. The number of rotatable bonds is 6. The number of carboxylic acids is 1. The van der Waals surface area contributed by atoms with Crippen molar-refractivity contribution in [3.63, 3.8) is 0 Å². The molecule has 5 nitrogen and oxygen atoms in total. The molecule has 1 aromatic rings. The lowest BCUT2D eigenvalue weighted by Gasteiger charge is -2.26. The Morgan fingerprint density at radius 1 is 1.40 bits per heavy atom. The van der Waals surface area contributed by atoms with Gasteiger partial charge in [0.15, 0.2) is 0 Å². The van der Waals surface area contributed by atoms with Crippen LogP contribution in [-0.4, -0.2) is 29.7 Å². The molecule has 0 radical (unpaired) electrons. The molecule has 20 heavy (non-hydrogen) atoms. The van der Waals surface area contributed by atoms with Gasteiger partial charge in [-0.3, -0.25) is 4.79 Å². The minimum absolute atomic E-state index is 0.133. The highest BCUT2D eigenvalue weighted by Crippen LogP contribution is 2.28. The first-order chi connectivity index (χ1) is 9.69. The van der Waals surface area contributed by atoms with Crippen LogP contribution in [-0.2, 0) is 11.3 Å². The lowest BCUT2D eigenvalue weighted by Crippen LogP contribution is -2.28. The molecule has 0 aromatic carbocycles. The van der Waals surface area contributed by atoms with Crippen LogP contribution in [0.1, 0.15) is 31.4 Å². The number of aromatic nitrogens is 1. The second-order valence-electron chi connectivity index (χ2n) is 5.36. The quantitative estimate of drug-likeness (QED) is 0.833. The van der Waals surface area contributed by atoms with Gasteiger partial charge in [-0.05, 0) is 44.2 Å². The first-order valence-electron chi connectivity index (χ1n) is 7.12. The SMILES string of the molecule is COc1cccc(CNCC2CCC(C(=O)O)CC2)n1. The molecule has 0 unspecified atom stereocenters. The Bertz CT molecular complexity index is 442. The Labute approximate surface area is 119 Å². The van der Waals surface area contributed by atoms with Gasteiger partial charge < -0.3 is 15.2 Å². The standard InChI is InChI=1S/C15H22N2O3/c1-20-14-4-2-3-13(17-14)10-16-9-11-5-7-12(8-6-11)15(18)19/h2-4,11-12,16H,5-10H2,1H3,(H,18,19). The van der Waals surface area contributed by atoms with Crippen LogP contribution in [0.3, 0.4) is 0 Å². The molecule has 1 aliphatic rings. The minimum Gasteiger partial charge on any atom is -0.481 e. The maximum atomic E-state index is 10.9. The fourth-order valence-corrected chi connectivity index (χ4v) is 2.69. The van der Waals surface area contributed by atoms with E-state index in [9.17, 15) is 4.79 Å². The molecule has 2 rings (SSSR count). The van der Waals surface area contributed by atoms with Gasteiger partial charge in [-0.15, -0.1) is 0 Å². The van der Waals surface area contributed by atoms with Gasteiger partial charge in [-0.25, -0.2) is 4.98 Å². The van der Waals surface area contributed by atoms with Crippen molar-refractivity contribution in [2.24, 2.45) is 11.8 Å². The van der Waals surface area contributed by atoms with Crippen LogP contribution in [0.4, 0.5) is 0 Å². The third-order valence-electron chi connectivity index (χ3n) is 3.93. The summed E-state index contributed by atoms with van der Waals surface area (Å²) < 4.78 is 5.09. The zero-order valence-electron chi connectivity index (χ0n) is 11.8. The van der Waals surface area contributed by atoms with Crippen LogP contribution in [0.2, 0.25) is 0 Å². The Hall–Kier alpha value is -1.62. The van der Waals surface area contributed by atoms with E-state index >= 15 is 0 Å². The van der Waals surface area contributed by atoms with Gasteiger partial charge in [0.25, 0.3) is 0 Å². The summed E-state index contributed by atoms with van der Waals surface area (Å²) in [5.41, 5.74) is 0.962. The van der Waals surface area contributed by atoms with Crippen molar-refractivity contribution in [1.29, 1.82) is 0 Å². The van der Waals surface area contributed by atoms with Gasteiger partial charge in [0.2, 0.25) is 5.88 Å². The van der Waals surface area contributed by atoms with Crippen molar-refractivity contribution >= 4 is 5.97 Å². The summed E-state index contributed by atoms with van der Waals surface area (Å²) in [5.74, 6) is 0.436. The molecule has 1 heterocycles. The zero-order valence-corrected chi connectivity index (χ0v) is 11.8. The van der Waals surface area contributed by atoms with Crippen LogP contribution < -0.4 is 10.1 Å². The van der Waals surface area contributed by atoms with Crippen molar-refractivity contribution in [1.82, 2.24) is 10.3 Å². The molecule has 2 N–H and O–H groups in total. The summed E-state index contributed by atoms with van der Waals surface area (Å²) in [6, 6.07) is 5.73. The number of carboxylic acid groups (broad SMARTS) is 1. The number of nitrogens with one attached hydrogen (secondary N) is 1. The summed E-state index contributed by atoms with van der Waals surface area (Å²) in [6.07, 6.45) is 3.60. The van der Waals surface area contributed by atoms with Crippen LogP contribution >= 0.6 is 0 Å². The summed E-state index contributed by atoms with van der Waals surface area (Å²) >= 11 is 0. The summed E-state index contributed by atoms with van der Waals surface area (Å²) in [7, 11) is 1.61. The van der Waals surface area contributed by atoms with Gasteiger partial charge in [0, 0.05) is 12.6 Å². The van der Waals surface area contributed by atoms with Crippen molar-refractivity contribution in [2.45, 2.75) is 32.2 Å². The molecular weight excluding hydrogens is 256 g/mol. The lowest BCUT2D eigenvalue weighted by molar-refractivity contribution is -0.143. The maximum Gasteiger partial charge on any atom is 0.306 e. The molecule has 1 aromatic heterocycles. The molecule has 1 saturated carbocycles. The van der Waals surface area contributed by atoms with E-state index in [4.69, 9.17) is 9.84 Å². The van der Waals surface area contributed by atoms with E-state index < -0.39 is 5.97 Å². The number of hydrogen-bond donors (Lipinski definition) is 2. The van der Waals surface area contributed by atoms with E-state index in [1.165, 1.54) is 0 Å². The second kappa shape index (κ2) is 7.24. The van der Waals surface area contributed by atoms with E-state index in [-0.39, 0.29) is 5.92 Å². The zero-order chi connectivity index (χ0) is 14.4. The molecular formula is C15H22N2O3. The molecule has 1 aliphatic carbocycles. The van der Waals surface area contributed by atoms with Crippen molar-refractivity contribution in [3.8, 4) is 5.88 Å². The van der Waals surface area contributed by atoms with Crippen LogP contribution in [0.15, 0.2) is 18.2 Å². The Morgan fingerprint density at radius 2 is 2.15 bits per heavy atom. The number of nitrogens with zero attached hydrogens (tertiary/aromatic N) is 1. The summed E-state index contributed by atoms with van der Waals surface area (Å²) in [6.45, 7) is 1.64. The molecule has 0 amide bonds. The Balaban J connectivity index is 1.70. The number of methoxy groups -OCH3 is 1. The number of carbonyl (C=O) groups is 1.